The Morgan fingerprint density at radius 2 is 2.28 bits per heavy atom. The number of hydrogen-bond acceptors (Lipinski definition) is 6. The summed E-state index contributed by atoms with van der Waals surface area (Å²) >= 11 is 8.11. The maximum absolute atomic E-state index is 12.7. The maximum atomic E-state index is 12.7. The van der Waals surface area contributed by atoms with Crippen LogP contribution in [0.15, 0.2) is 22.4 Å². The third-order valence-corrected chi connectivity index (χ3v) is 6.59. The summed E-state index contributed by atoms with van der Waals surface area (Å²) in [6.07, 6.45) is 5.35. The van der Waals surface area contributed by atoms with E-state index in [9.17, 15) is 14.7 Å². The van der Waals surface area contributed by atoms with E-state index >= 15 is 0 Å². The van der Waals surface area contributed by atoms with Crippen molar-refractivity contribution in [2.45, 2.75) is 31.7 Å². The van der Waals surface area contributed by atoms with Crippen molar-refractivity contribution in [3.05, 3.63) is 27.3 Å². The number of thiocarbonyl (C=S) groups is 1. The molecule has 0 aromatic carbocycles. The molecule has 2 fully saturated rings. The highest BCUT2D eigenvalue weighted by atomic mass is 32.2. The van der Waals surface area contributed by atoms with Gasteiger partial charge >= 0.3 is 0 Å². The molecule has 2 aliphatic rings. The topological polar surface area (TPSA) is 60.9 Å². The molecule has 1 aromatic heterocycles. The summed E-state index contributed by atoms with van der Waals surface area (Å²) in [5, 5.41) is 11.2. The highest BCUT2D eigenvalue weighted by molar-refractivity contribution is 8.26. The number of aliphatic hydroxyl groups excluding tert-OH is 1. The lowest BCUT2D eigenvalue weighted by molar-refractivity contribution is -0.138. The van der Waals surface area contributed by atoms with Gasteiger partial charge in [0.1, 0.15) is 10.9 Å². The molecule has 3 rings (SSSR count). The lowest BCUT2D eigenvalue weighted by Gasteiger charge is -2.36. The largest absolute Gasteiger partial charge is 0.396 e. The number of amides is 2. The SMILES string of the molecule is O=C1/C(=C/c2cccs2)SC(=S)N1CC(=O)N1CCCC[C@@H]1CCO. The van der Waals surface area contributed by atoms with Crippen molar-refractivity contribution < 1.29 is 14.7 Å². The van der Waals surface area contributed by atoms with Gasteiger partial charge in [0.05, 0.1) is 4.91 Å². The minimum atomic E-state index is -0.201. The number of piperidine rings is 1. The highest BCUT2D eigenvalue weighted by Gasteiger charge is 2.36. The van der Waals surface area contributed by atoms with Crippen LogP contribution in [0, 0.1) is 0 Å². The van der Waals surface area contributed by atoms with Crippen molar-refractivity contribution in [2.24, 2.45) is 0 Å². The molecule has 2 saturated heterocycles. The average molecular weight is 397 g/mol. The first-order valence-electron chi connectivity index (χ1n) is 8.29. The van der Waals surface area contributed by atoms with E-state index < -0.39 is 0 Å². The Bertz CT molecular complexity index is 685. The number of likely N-dealkylation sites (tertiary alicyclic amines) is 1. The zero-order valence-electron chi connectivity index (χ0n) is 13.7. The van der Waals surface area contributed by atoms with Crippen LogP contribution >= 0.6 is 35.3 Å². The van der Waals surface area contributed by atoms with Gasteiger partial charge < -0.3 is 10.0 Å². The van der Waals surface area contributed by atoms with E-state index in [1.165, 1.54) is 16.7 Å². The number of thiophene rings is 1. The van der Waals surface area contributed by atoms with Crippen molar-refractivity contribution in [3.63, 3.8) is 0 Å². The first-order valence-corrected chi connectivity index (χ1v) is 10.4. The molecule has 1 atom stereocenters. The van der Waals surface area contributed by atoms with Crippen molar-refractivity contribution in [3.8, 4) is 0 Å². The molecule has 1 aromatic rings. The van der Waals surface area contributed by atoms with E-state index in [0.29, 0.717) is 22.2 Å². The molecule has 25 heavy (non-hydrogen) atoms. The molecule has 0 aliphatic carbocycles. The van der Waals surface area contributed by atoms with E-state index in [-0.39, 0.29) is 31.0 Å². The van der Waals surface area contributed by atoms with E-state index in [1.807, 2.05) is 23.6 Å². The second-order valence-electron chi connectivity index (χ2n) is 6.03. The summed E-state index contributed by atoms with van der Waals surface area (Å²) in [7, 11) is 0. The van der Waals surface area contributed by atoms with Gasteiger partial charge in [-0.25, -0.2) is 0 Å². The summed E-state index contributed by atoms with van der Waals surface area (Å²) in [6.45, 7) is 0.733. The molecule has 0 saturated carbocycles. The van der Waals surface area contributed by atoms with Crippen LogP contribution in [0.5, 0.6) is 0 Å². The quantitative estimate of drug-likeness (QED) is 0.613. The molecule has 0 unspecified atom stereocenters. The van der Waals surface area contributed by atoms with Crippen molar-refractivity contribution in [2.75, 3.05) is 19.7 Å². The van der Waals surface area contributed by atoms with Gasteiger partial charge in [-0.2, -0.15) is 0 Å². The van der Waals surface area contributed by atoms with E-state index in [0.717, 1.165) is 24.1 Å². The maximum Gasteiger partial charge on any atom is 0.266 e. The van der Waals surface area contributed by atoms with Crippen LogP contribution < -0.4 is 0 Å². The second kappa shape index (κ2) is 8.44. The lowest BCUT2D eigenvalue weighted by Crippen LogP contribution is -2.49. The van der Waals surface area contributed by atoms with Crippen LogP contribution in [-0.4, -0.2) is 56.8 Å². The van der Waals surface area contributed by atoms with Gasteiger partial charge in [-0.3, -0.25) is 14.5 Å². The smallest absolute Gasteiger partial charge is 0.266 e. The molecule has 0 spiro atoms. The van der Waals surface area contributed by atoms with Crippen molar-refractivity contribution in [1.82, 2.24) is 9.80 Å². The number of aliphatic hydroxyl groups is 1. The molecule has 2 aliphatic heterocycles. The second-order valence-corrected chi connectivity index (χ2v) is 8.69. The number of hydrogen-bond donors (Lipinski definition) is 1. The number of carbonyl (C=O) groups excluding carboxylic acids is 2. The number of rotatable bonds is 5. The summed E-state index contributed by atoms with van der Waals surface area (Å²) in [6, 6.07) is 3.93. The summed E-state index contributed by atoms with van der Waals surface area (Å²) in [4.78, 5) is 30.1. The first kappa shape index (κ1) is 18.6. The predicted octanol–water partition coefficient (Wildman–Crippen LogP) is 2.71. The first-order chi connectivity index (χ1) is 12.1. The van der Waals surface area contributed by atoms with Crippen molar-refractivity contribution in [1.29, 1.82) is 0 Å². The average Bonchev–Trinajstić information content (AvgIpc) is 3.20. The summed E-state index contributed by atoms with van der Waals surface area (Å²) in [5.41, 5.74) is 0. The Hall–Kier alpha value is -1.22. The number of thioether (sulfide) groups is 1. The van der Waals surface area contributed by atoms with Gasteiger partial charge in [-0.1, -0.05) is 30.0 Å². The molecule has 2 amide bonds. The van der Waals surface area contributed by atoms with Gasteiger partial charge in [0.2, 0.25) is 5.91 Å². The van der Waals surface area contributed by atoms with Crippen LogP contribution in [0.1, 0.15) is 30.6 Å². The third-order valence-electron chi connectivity index (χ3n) is 4.39. The van der Waals surface area contributed by atoms with Crippen LogP contribution in [0.2, 0.25) is 0 Å². The fourth-order valence-electron chi connectivity index (χ4n) is 3.14. The Morgan fingerprint density at radius 1 is 1.44 bits per heavy atom. The van der Waals surface area contributed by atoms with Gasteiger partial charge in [0.15, 0.2) is 0 Å². The van der Waals surface area contributed by atoms with E-state index in [1.54, 1.807) is 16.2 Å². The molecular weight excluding hydrogens is 376 g/mol. The van der Waals surface area contributed by atoms with E-state index in [4.69, 9.17) is 12.2 Å². The van der Waals surface area contributed by atoms with Crippen LogP contribution in [0.3, 0.4) is 0 Å². The Labute approximate surface area is 160 Å². The standard InChI is InChI=1S/C17H20N2O3S3/c20-8-6-12-4-1-2-7-18(12)15(21)11-19-16(22)14(25-17(19)23)10-13-5-3-9-24-13/h3,5,9-10,12,20H,1-2,4,6-8,11H2/b14-10-/t12-/m1/s1. The normalized spacial score (nSPS) is 22.9. The molecular formula is C17H20N2O3S3. The zero-order chi connectivity index (χ0) is 17.8. The number of carbonyl (C=O) groups is 2. The van der Waals surface area contributed by atoms with Crippen LogP contribution in [0.4, 0.5) is 0 Å². The molecule has 3 heterocycles. The molecule has 0 bridgehead atoms. The fourth-order valence-corrected chi connectivity index (χ4v) is 5.12. The number of nitrogens with zero attached hydrogens (tertiary/aromatic N) is 2. The van der Waals surface area contributed by atoms with Gasteiger partial charge in [-0.15, -0.1) is 11.3 Å². The molecule has 0 radical (unpaired) electrons. The molecule has 134 valence electrons. The summed E-state index contributed by atoms with van der Waals surface area (Å²) < 4.78 is 0.428. The molecule has 1 N–H and O–H groups in total. The van der Waals surface area contributed by atoms with E-state index in [2.05, 4.69) is 0 Å². The monoisotopic (exact) mass is 396 g/mol. The predicted molar refractivity (Wildman–Crippen MR) is 105 cm³/mol. The van der Waals surface area contributed by atoms with Gasteiger partial charge in [0.25, 0.3) is 5.91 Å². The van der Waals surface area contributed by atoms with Crippen LogP contribution in [0.25, 0.3) is 6.08 Å². The Morgan fingerprint density at radius 3 is 3.00 bits per heavy atom. The van der Waals surface area contributed by atoms with Crippen molar-refractivity contribution >= 4 is 57.5 Å². The lowest BCUT2D eigenvalue weighted by atomic mass is 9.99. The van der Waals surface area contributed by atoms with Crippen LogP contribution in [-0.2, 0) is 9.59 Å². The minimum Gasteiger partial charge on any atom is -0.396 e. The Kier molecular flexibility index (Phi) is 6.27. The van der Waals surface area contributed by atoms with Gasteiger partial charge in [-0.05, 0) is 43.2 Å². The minimum absolute atomic E-state index is 0.0195. The van der Waals surface area contributed by atoms with Gasteiger partial charge in [0, 0.05) is 24.1 Å². The zero-order valence-corrected chi connectivity index (χ0v) is 16.2. The molecule has 8 heteroatoms. The highest BCUT2D eigenvalue weighted by Crippen LogP contribution is 2.33. The summed E-state index contributed by atoms with van der Waals surface area (Å²) in [5.74, 6) is -0.292. The Balaban J connectivity index is 1.68. The third kappa shape index (κ3) is 4.31. The molecule has 5 nitrogen and oxygen atoms in total. The fraction of sp³-hybridized carbons (Fsp3) is 0.471.